The van der Waals surface area contributed by atoms with Gasteiger partial charge in [0.1, 0.15) is 11.6 Å². The van der Waals surface area contributed by atoms with Gasteiger partial charge in [0.25, 0.3) is 0 Å². The van der Waals surface area contributed by atoms with Gasteiger partial charge in [-0.1, -0.05) is 35.5 Å². The van der Waals surface area contributed by atoms with Crippen molar-refractivity contribution < 1.29 is 18.7 Å². The van der Waals surface area contributed by atoms with Crippen LogP contribution in [0.3, 0.4) is 0 Å². The summed E-state index contributed by atoms with van der Waals surface area (Å²) in [5.41, 5.74) is 1.27. The van der Waals surface area contributed by atoms with Crippen LogP contribution in [0.2, 0.25) is 5.02 Å². The summed E-state index contributed by atoms with van der Waals surface area (Å²) < 4.78 is 20.0. The largest absolute Gasteiger partial charge is 0.497 e. The van der Waals surface area contributed by atoms with Gasteiger partial charge in [-0.3, -0.25) is 9.59 Å². The molecule has 168 valence electrons. The number of nitrogens with zero attached hydrogens (tertiary/aromatic N) is 3. The minimum atomic E-state index is -0.554. The van der Waals surface area contributed by atoms with Crippen molar-refractivity contribution in [1.29, 1.82) is 0 Å². The van der Waals surface area contributed by atoms with Gasteiger partial charge in [0.2, 0.25) is 11.8 Å². The topological polar surface area (TPSA) is 98.1 Å². The normalized spacial score (nSPS) is 10.6. The fourth-order valence-corrected chi connectivity index (χ4v) is 3.61. The molecule has 11 heteroatoms. The van der Waals surface area contributed by atoms with Crippen LogP contribution in [-0.2, 0) is 29.6 Å². The standard InChI is InChI=1S/C21H21ClFN5O3S/c1-28-18(11-24-19(29)9-13-3-6-15(31-2)7-4-13)26-27-21(28)32-12-20(30)25-14-5-8-17(23)16(22)10-14/h3-8,10H,9,11-12H2,1-2H3,(H,24,29)(H,25,30). The number of carbonyl (C=O) groups is 2. The second-order valence-electron chi connectivity index (χ2n) is 6.73. The zero-order valence-electron chi connectivity index (χ0n) is 17.4. The molecule has 32 heavy (non-hydrogen) atoms. The molecule has 0 saturated heterocycles. The van der Waals surface area contributed by atoms with E-state index in [9.17, 15) is 14.0 Å². The van der Waals surface area contributed by atoms with Crippen molar-refractivity contribution in [3.05, 3.63) is 64.7 Å². The number of nitrogens with one attached hydrogen (secondary N) is 2. The molecule has 0 unspecified atom stereocenters. The van der Waals surface area contributed by atoms with E-state index in [0.717, 1.165) is 11.3 Å². The quantitative estimate of drug-likeness (QED) is 0.459. The molecule has 3 rings (SSSR count). The Hall–Kier alpha value is -3.11. The predicted octanol–water partition coefficient (Wildman–Crippen LogP) is 3.21. The molecule has 2 amide bonds. The van der Waals surface area contributed by atoms with Gasteiger partial charge in [0.05, 0.1) is 30.9 Å². The van der Waals surface area contributed by atoms with E-state index in [1.165, 1.54) is 30.0 Å². The third kappa shape index (κ3) is 6.44. The molecule has 0 bridgehead atoms. The number of benzene rings is 2. The summed E-state index contributed by atoms with van der Waals surface area (Å²) >= 11 is 6.90. The molecule has 0 aliphatic rings. The van der Waals surface area contributed by atoms with Crippen LogP contribution in [0.1, 0.15) is 11.4 Å². The molecule has 1 aromatic heterocycles. The van der Waals surface area contributed by atoms with Gasteiger partial charge in [-0.2, -0.15) is 0 Å². The Labute approximate surface area is 193 Å². The first-order valence-corrected chi connectivity index (χ1v) is 10.9. The smallest absolute Gasteiger partial charge is 0.234 e. The number of amides is 2. The van der Waals surface area contributed by atoms with Crippen LogP contribution in [0.4, 0.5) is 10.1 Å². The molecule has 0 saturated carbocycles. The summed E-state index contributed by atoms with van der Waals surface area (Å²) in [6.45, 7) is 0.208. The third-order valence-corrected chi connectivity index (χ3v) is 5.74. The zero-order valence-corrected chi connectivity index (χ0v) is 19.0. The molecule has 8 nitrogen and oxygen atoms in total. The van der Waals surface area contributed by atoms with E-state index in [1.807, 2.05) is 12.1 Å². The molecule has 0 aliphatic carbocycles. The monoisotopic (exact) mass is 477 g/mol. The average Bonchev–Trinajstić information content (AvgIpc) is 3.13. The van der Waals surface area contributed by atoms with E-state index >= 15 is 0 Å². The van der Waals surface area contributed by atoms with Crippen molar-refractivity contribution in [3.8, 4) is 5.75 Å². The van der Waals surface area contributed by atoms with E-state index in [4.69, 9.17) is 16.3 Å². The number of halogens is 2. The number of aromatic nitrogens is 3. The van der Waals surface area contributed by atoms with E-state index in [1.54, 1.807) is 30.9 Å². The van der Waals surface area contributed by atoms with E-state index in [-0.39, 0.29) is 35.6 Å². The number of hydrogen-bond donors (Lipinski definition) is 2. The fourth-order valence-electron chi connectivity index (χ4n) is 2.69. The summed E-state index contributed by atoms with van der Waals surface area (Å²) in [7, 11) is 3.34. The fraction of sp³-hybridized carbons (Fsp3) is 0.238. The van der Waals surface area contributed by atoms with E-state index in [0.29, 0.717) is 16.7 Å². The summed E-state index contributed by atoms with van der Waals surface area (Å²) in [5, 5.41) is 14.0. The second-order valence-corrected chi connectivity index (χ2v) is 8.07. The summed E-state index contributed by atoms with van der Waals surface area (Å²) in [4.78, 5) is 24.3. The second kappa shape index (κ2) is 11.0. The number of anilines is 1. The van der Waals surface area contributed by atoms with Crippen LogP contribution in [0.5, 0.6) is 5.75 Å². The Kier molecular flexibility index (Phi) is 8.07. The average molecular weight is 478 g/mol. The van der Waals surface area contributed by atoms with Gasteiger partial charge in [-0.05, 0) is 35.9 Å². The molecule has 0 aliphatic heterocycles. The van der Waals surface area contributed by atoms with Crippen LogP contribution >= 0.6 is 23.4 Å². The first-order chi connectivity index (χ1) is 15.4. The highest BCUT2D eigenvalue weighted by Crippen LogP contribution is 2.20. The highest BCUT2D eigenvalue weighted by Gasteiger charge is 2.13. The maximum Gasteiger partial charge on any atom is 0.234 e. The molecule has 0 atom stereocenters. The van der Waals surface area contributed by atoms with Crippen LogP contribution in [0.15, 0.2) is 47.6 Å². The molecule has 3 aromatic rings. The van der Waals surface area contributed by atoms with Crippen molar-refractivity contribution >= 4 is 40.9 Å². The minimum absolute atomic E-state index is 0.0672. The number of methoxy groups -OCH3 is 1. The van der Waals surface area contributed by atoms with Gasteiger partial charge in [0, 0.05) is 12.7 Å². The lowest BCUT2D eigenvalue weighted by Crippen LogP contribution is -2.26. The molecule has 0 radical (unpaired) electrons. The number of rotatable bonds is 9. The van der Waals surface area contributed by atoms with Crippen LogP contribution in [-0.4, -0.2) is 39.4 Å². The highest BCUT2D eigenvalue weighted by atomic mass is 35.5. The van der Waals surface area contributed by atoms with Crippen molar-refractivity contribution in [2.45, 2.75) is 18.1 Å². The summed E-state index contributed by atoms with van der Waals surface area (Å²) in [5.74, 6) is 0.362. The summed E-state index contributed by atoms with van der Waals surface area (Å²) in [6.07, 6.45) is 0.233. The van der Waals surface area contributed by atoms with Crippen molar-refractivity contribution in [2.24, 2.45) is 7.05 Å². The molecular formula is C21H21ClFN5O3S. The van der Waals surface area contributed by atoms with Crippen LogP contribution in [0, 0.1) is 5.82 Å². The zero-order chi connectivity index (χ0) is 23.1. The Bertz CT molecular complexity index is 1110. The van der Waals surface area contributed by atoms with Crippen molar-refractivity contribution in [3.63, 3.8) is 0 Å². The molecule has 1 heterocycles. The number of ether oxygens (including phenoxy) is 1. The van der Waals surface area contributed by atoms with Gasteiger partial charge in [0.15, 0.2) is 11.0 Å². The maximum absolute atomic E-state index is 13.2. The van der Waals surface area contributed by atoms with Gasteiger partial charge >= 0.3 is 0 Å². The Morgan fingerprint density at radius 1 is 1.16 bits per heavy atom. The van der Waals surface area contributed by atoms with Crippen LogP contribution < -0.4 is 15.4 Å². The molecule has 2 N–H and O–H groups in total. The van der Waals surface area contributed by atoms with E-state index in [2.05, 4.69) is 20.8 Å². The first kappa shape index (κ1) is 23.6. The maximum atomic E-state index is 13.2. The number of hydrogen-bond acceptors (Lipinski definition) is 6. The van der Waals surface area contributed by atoms with Gasteiger partial charge < -0.3 is 19.9 Å². The molecular weight excluding hydrogens is 457 g/mol. The number of carbonyl (C=O) groups excluding carboxylic acids is 2. The Morgan fingerprint density at radius 3 is 2.59 bits per heavy atom. The van der Waals surface area contributed by atoms with Crippen LogP contribution in [0.25, 0.3) is 0 Å². The predicted molar refractivity (Wildman–Crippen MR) is 120 cm³/mol. The van der Waals surface area contributed by atoms with Gasteiger partial charge in [-0.15, -0.1) is 10.2 Å². The lowest BCUT2D eigenvalue weighted by atomic mass is 10.1. The molecule has 2 aromatic carbocycles. The van der Waals surface area contributed by atoms with Crippen molar-refractivity contribution in [2.75, 3.05) is 18.2 Å². The third-order valence-electron chi connectivity index (χ3n) is 4.43. The Morgan fingerprint density at radius 2 is 1.91 bits per heavy atom. The lowest BCUT2D eigenvalue weighted by molar-refractivity contribution is -0.120. The minimum Gasteiger partial charge on any atom is -0.497 e. The summed E-state index contributed by atoms with van der Waals surface area (Å²) in [6, 6.07) is 11.2. The molecule has 0 fully saturated rings. The Balaban J connectivity index is 1.47. The molecule has 0 spiro atoms. The lowest BCUT2D eigenvalue weighted by Gasteiger charge is -2.07. The SMILES string of the molecule is COc1ccc(CC(=O)NCc2nnc(SCC(=O)Nc3ccc(F)c(Cl)c3)n2C)cc1. The van der Waals surface area contributed by atoms with Gasteiger partial charge in [-0.25, -0.2) is 4.39 Å². The first-order valence-electron chi connectivity index (χ1n) is 9.51. The highest BCUT2D eigenvalue weighted by molar-refractivity contribution is 7.99. The number of thioether (sulfide) groups is 1. The van der Waals surface area contributed by atoms with E-state index < -0.39 is 5.82 Å². The van der Waals surface area contributed by atoms with Crippen molar-refractivity contribution in [1.82, 2.24) is 20.1 Å².